The fourth-order valence-electron chi connectivity index (χ4n) is 0.869. The fraction of sp³-hybridized carbons (Fsp3) is 1.00. The molecule has 0 saturated carbocycles. The maximum atomic E-state index is 11.4. The summed E-state index contributed by atoms with van der Waals surface area (Å²) in [6.07, 6.45) is 0. The summed E-state index contributed by atoms with van der Waals surface area (Å²) in [5, 5.41) is 0. The van der Waals surface area contributed by atoms with Gasteiger partial charge in [-0.15, -0.1) is 0 Å². The predicted octanol–water partition coefficient (Wildman–Crippen LogP) is -0.137. The standard InChI is InChI=1S/C7H18N2O2S/c1-7(2)6-12(10,11)9(3)5-4-8/h7H,4-6,8H2,1-3H3. The molecular formula is C7H18N2O2S. The van der Waals surface area contributed by atoms with Gasteiger partial charge >= 0.3 is 0 Å². The highest BCUT2D eigenvalue weighted by molar-refractivity contribution is 7.89. The Morgan fingerprint density at radius 3 is 2.25 bits per heavy atom. The Balaban J connectivity index is 4.20. The van der Waals surface area contributed by atoms with E-state index < -0.39 is 10.0 Å². The molecule has 5 heteroatoms. The van der Waals surface area contributed by atoms with Crippen LogP contribution in [0, 0.1) is 5.92 Å². The molecule has 0 amide bonds. The normalized spacial score (nSPS) is 12.8. The van der Waals surface area contributed by atoms with Crippen molar-refractivity contribution in [2.45, 2.75) is 13.8 Å². The molecule has 4 nitrogen and oxygen atoms in total. The number of hydrogen-bond donors (Lipinski definition) is 1. The summed E-state index contributed by atoms with van der Waals surface area (Å²) in [7, 11) is -1.51. The summed E-state index contributed by atoms with van der Waals surface area (Å²) in [6, 6.07) is 0. The fourth-order valence-corrected chi connectivity index (χ4v) is 2.35. The minimum Gasteiger partial charge on any atom is -0.329 e. The molecule has 0 rings (SSSR count). The van der Waals surface area contributed by atoms with Gasteiger partial charge in [-0.3, -0.25) is 0 Å². The third-order valence-electron chi connectivity index (χ3n) is 1.46. The second-order valence-corrected chi connectivity index (χ2v) is 5.40. The topological polar surface area (TPSA) is 63.4 Å². The summed E-state index contributed by atoms with van der Waals surface area (Å²) < 4.78 is 24.1. The number of nitrogens with two attached hydrogens (primary N) is 1. The molecule has 0 aliphatic carbocycles. The van der Waals surface area contributed by atoms with E-state index in [1.54, 1.807) is 7.05 Å². The van der Waals surface area contributed by atoms with Crippen LogP contribution in [0.15, 0.2) is 0 Å². The smallest absolute Gasteiger partial charge is 0.214 e. The first-order valence-corrected chi connectivity index (χ1v) is 5.65. The molecule has 0 aromatic rings. The Morgan fingerprint density at radius 2 is 1.92 bits per heavy atom. The number of nitrogens with zero attached hydrogens (tertiary/aromatic N) is 1. The Morgan fingerprint density at radius 1 is 1.42 bits per heavy atom. The van der Waals surface area contributed by atoms with Gasteiger partial charge in [-0.05, 0) is 5.92 Å². The molecule has 0 aromatic carbocycles. The minimum atomic E-state index is -3.07. The molecule has 0 fully saturated rings. The highest BCUT2D eigenvalue weighted by atomic mass is 32.2. The van der Waals surface area contributed by atoms with Crippen molar-refractivity contribution in [3.8, 4) is 0 Å². The summed E-state index contributed by atoms with van der Waals surface area (Å²) in [5.41, 5.74) is 5.25. The first-order chi connectivity index (χ1) is 5.40. The number of likely N-dealkylation sites (N-methyl/N-ethyl adjacent to an activating group) is 1. The molecule has 0 bridgehead atoms. The van der Waals surface area contributed by atoms with E-state index in [1.807, 2.05) is 13.8 Å². The molecule has 12 heavy (non-hydrogen) atoms. The molecule has 2 N–H and O–H groups in total. The van der Waals surface area contributed by atoms with Crippen LogP contribution in [0.5, 0.6) is 0 Å². The van der Waals surface area contributed by atoms with Crippen molar-refractivity contribution in [3.05, 3.63) is 0 Å². The van der Waals surface area contributed by atoms with Gasteiger partial charge in [0.05, 0.1) is 5.75 Å². The largest absolute Gasteiger partial charge is 0.329 e. The highest BCUT2D eigenvalue weighted by Crippen LogP contribution is 2.03. The lowest BCUT2D eigenvalue weighted by atomic mass is 10.3. The highest BCUT2D eigenvalue weighted by Gasteiger charge is 2.17. The first kappa shape index (κ1) is 11.9. The van der Waals surface area contributed by atoms with Crippen LogP contribution in [0.3, 0.4) is 0 Å². The first-order valence-electron chi connectivity index (χ1n) is 4.04. The zero-order chi connectivity index (χ0) is 9.78. The van der Waals surface area contributed by atoms with E-state index in [2.05, 4.69) is 0 Å². The van der Waals surface area contributed by atoms with Crippen LogP contribution < -0.4 is 5.73 Å². The third-order valence-corrected chi connectivity index (χ3v) is 3.68. The van der Waals surface area contributed by atoms with Gasteiger partial charge in [-0.1, -0.05) is 13.8 Å². The average Bonchev–Trinajstić information content (AvgIpc) is 1.85. The van der Waals surface area contributed by atoms with Crippen LogP contribution in [0.25, 0.3) is 0 Å². The zero-order valence-electron chi connectivity index (χ0n) is 7.95. The second kappa shape index (κ2) is 4.79. The Labute approximate surface area is 74.8 Å². The van der Waals surface area contributed by atoms with Crippen LogP contribution in [0.1, 0.15) is 13.8 Å². The number of rotatable bonds is 5. The van der Waals surface area contributed by atoms with Crippen molar-refractivity contribution in [3.63, 3.8) is 0 Å². The van der Waals surface area contributed by atoms with Crippen LogP contribution in [0.2, 0.25) is 0 Å². The maximum Gasteiger partial charge on any atom is 0.214 e. The van der Waals surface area contributed by atoms with Gasteiger partial charge in [0.1, 0.15) is 0 Å². The minimum absolute atomic E-state index is 0.162. The lowest BCUT2D eigenvalue weighted by molar-refractivity contribution is 0.469. The Hall–Kier alpha value is -0.130. The number of sulfonamides is 1. The summed E-state index contributed by atoms with van der Waals surface area (Å²) in [6.45, 7) is 4.53. The molecular weight excluding hydrogens is 176 g/mol. The summed E-state index contributed by atoms with van der Waals surface area (Å²) >= 11 is 0. The average molecular weight is 194 g/mol. The van der Waals surface area contributed by atoms with Crippen molar-refractivity contribution in [1.29, 1.82) is 0 Å². The Bertz CT molecular complexity index is 211. The molecule has 0 spiro atoms. The molecule has 0 heterocycles. The van der Waals surface area contributed by atoms with Gasteiger partial charge in [0.2, 0.25) is 10.0 Å². The molecule has 0 aliphatic rings. The van der Waals surface area contributed by atoms with E-state index >= 15 is 0 Å². The zero-order valence-corrected chi connectivity index (χ0v) is 8.76. The quantitative estimate of drug-likeness (QED) is 0.662. The van der Waals surface area contributed by atoms with Crippen molar-refractivity contribution in [1.82, 2.24) is 4.31 Å². The predicted molar refractivity (Wildman–Crippen MR) is 50.3 cm³/mol. The van der Waals surface area contributed by atoms with E-state index in [0.717, 1.165) is 0 Å². The van der Waals surface area contributed by atoms with Crippen molar-refractivity contribution in [2.24, 2.45) is 11.7 Å². The van der Waals surface area contributed by atoms with Crippen molar-refractivity contribution < 1.29 is 8.42 Å². The van der Waals surface area contributed by atoms with E-state index in [1.165, 1.54) is 4.31 Å². The van der Waals surface area contributed by atoms with Gasteiger partial charge < -0.3 is 5.73 Å². The molecule has 0 aromatic heterocycles. The van der Waals surface area contributed by atoms with Crippen LogP contribution in [-0.2, 0) is 10.0 Å². The van der Waals surface area contributed by atoms with Crippen LogP contribution in [0.4, 0.5) is 0 Å². The molecule has 74 valence electrons. The van der Waals surface area contributed by atoms with Crippen molar-refractivity contribution >= 4 is 10.0 Å². The third kappa shape index (κ3) is 4.04. The molecule has 0 aliphatic heterocycles. The second-order valence-electron chi connectivity index (χ2n) is 3.28. The monoisotopic (exact) mass is 194 g/mol. The van der Waals surface area contributed by atoms with Gasteiger partial charge in [-0.25, -0.2) is 12.7 Å². The Kier molecular flexibility index (Phi) is 4.74. The maximum absolute atomic E-state index is 11.4. The van der Waals surface area contributed by atoms with Gasteiger partial charge in [0.25, 0.3) is 0 Å². The lowest BCUT2D eigenvalue weighted by Crippen LogP contribution is -2.34. The molecule has 0 saturated heterocycles. The molecule has 0 unspecified atom stereocenters. The molecule has 0 radical (unpaired) electrons. The van der Waals surface area contributed by atoms with Gasteiger partial charge in [0, 0.05) is 20.1 Å². The summed E-state index contributed by atoms with van der Waals surface area (Å²) in [4.78, 5) is 0. The lowest BCUT2D eigenvalue weighted by Gasteiger charge is -2.17. The van der Waals surface area contributed by atoms with E-state index in [9.17, 15) is 8.42 Å². The van der Waals surface area contributed by atoms with E-state index in [-0.39, 0.29) is 11.7 Å². The SMILES string of the molecule is CC(C)CS(=O)(=O)N(C)CCN. The van der Waals surface area contributed by atoms with Gasteiger partial charge in [0.15, 0.2) is 0 Å². The van der Waals surface area contributed by atoms with Crippen LogP contribution in [-0.4, -0.2) is 38.6 Å². The van der Waals surface area contributed by atoms with Crippen molar-refractivity contribution in [2.75, 3.05) is 25.9 Å². The number of hydrogen-bond acceptors (Lipinski definition) is 3. The summed E-state index contributed by atoms with van der Waals surface area (Å²) in [5.74, 6) is 0.360. The van der Waals surface area contributed by atoms with Gasteiger partial charge in [-0.2, -0.15) is 0 Å². The van der Waals surface area contributed by atoms with E-state index in [0.29, 0.717) is 13.1 Å². The molecule has 0 atom stereocenters. The van der Waals surface area contributed by atoms with Crippen LogP contribution >= 0.6 is 0 Å². The van der Waals surface area contributed by atoms with E-state index in [4.69, 9.17) is 5.73 Å².